The van der Waals surface area contributed by atoms with Crippen LogP contribution in [0.5, 0.6) is 5.88 Å². The Morgan fingerprint density at radius 2 is 2.16 bits per heavy atom. The molecule has 0 bridgehead atoms. The largest absolute Gasteiger partial charge is 0.481 e. The van der Waals surface area contributed by atoms with Crippen LogP contribution in [-0.2, 0) is 0 Å². The molecule has 4 nitrogen and oxygen atoms in total. The van der Waals surface area contributed by atoms with E-state index in [2.05, 4.69) is 22.9 Å². The quantitative estimate of drug-likeness (QED) is 0.854. The van der Waals surface area contributed by atoms with E-state index < -0.39 is 0 Å². The Morgan fingerprint density at radius 1 is 1.37 bits per heavy atom. The number of carbonyl (C=O) groups is 1. The minimum absolute atomic E-state index is 0.312. The molecule has 1 aromatic carbocycles. The van der Waals surface area contributed by atoms with Gasteiger partial charge >= 0.3 is 0 Å². The molecule has 0 spiro atoms. The van der Waals surface area contributed by atoms with Crippen molar-refractivity contribution in [2.75, 3.05) is 12.4 Å². The number of rotatable bonds is 3. The third-order valence-corrected chi connectivity index (χ3v) is 3.01. The highest BCUT2D eigenvalue weighted by molar-refractivity contribution is 7.80. The normalized spacial score (nSPS) is 10.1. The number of carbonyl (C=O) groups excluding carboxylic acids is 1. The summed E-state index contributed by atoms with van der Waals surface area (Å²) in [5.41, 5.74) is 0.927. The molecule has 0 aliphatic heterocycles. The van der Waals surface area contributed by atoms with Crippen molar-refractivity contribution in [1.82, 2.24) is 4.98 Å². The van der Waals surface area contributed by atoms with Gasteiger partial charge in [-0.15, -0.1) is 12.6 Å². The summed E-state index contributed by atoms with van der Waals surface area (Å²) in [7, 11) is 1.53. The zero-order valence-electron chi connectivity index (χ0n) is 10.1. The van der Waals surface area contributed by atoms with Gasteiger partial charge in [-0.3, -0.25) is 4.79 Å². The number of hydrogen-bond donors (Lipinski definition) is 2. The van der Waals surface area contributed by atoms with Crippen LogP contribution in [0, 0.1) is 0 Å². The number of aromatic nitrogens is 1. The lowest BCUT2D eigenvalue weighted by Crippen LogP contribution is -2.12. The Kier molecular flexibility index (Phi) is 4.29. The van der Waals surface area contributed by atoms with Crippen LogP contribution in [0.1, 0.15) is 10.4 Å². The third-order valence-electron chi connectivity index (χ3n) is 2.40. The first-order valence-electron chi connectivity index (χ1n) is 5.40. The lowest BCUT2D eigenvalue weighted by atomic mass is 10.2. The smallest absolute Gasteiger partial charge is 0.257 e. The molecule has 0 atom stereocenters. The molecule has 0 aliphatic rings. The number of amides is 1. The zero-order chi connectivity index (χ0) is 13.8. The second-order valence-electron chi connectivity index (χ2n) is 3.71. The molecular formula is C13H11ClN2O2S. The maximum atomic E-state index is 12.1. The molecular weight excluding hydrogens is 284 g/mol. The summed E-state index contributed by atoms with van der Waals surface area (Å²) < 4.78 is 4.94. The zero-order valence-corrected chi connectivity index (χ0v) is 11.7. The number of hydrogen-bond acceptors (Lipinski definition) is 4. The number of nitrogens with one attached hydrogen (secondary N) is 1. The maximum absolute atomic E-state index is 12.1. The third kappa shape index (κ3) is 3.39. The molecule has 0 saturated carbocycles. The van der Waals surface area contributed by atoms with Crippen molar-refractivity contribution in [2.24, 2.45) is 0 Å². The summed E-state index contributed by atoms with van der Waals surface area (Å²) in [4.78, 5) is 16.7. The Morgan fingerprint density at radius 3 is 2.79 bits per heavy atom. The minimum Gasteiger partial charge on any atom is -0.481 e. The van der Waals surface area contributed by atoms with E-state index in [1.54, 1.807) is 30.3 Å². The van der Waals surface area contributed by atoms with E-state index >= 15 is 0 Å². The average molecular weight is 295 g/mol. The summed E-state index contributed by atoms with van der Waals surface area (Å²) >= 11 is 10.2. The summed E-state index contributed by atoms with van der Waals surface area (Å²) in [6.07, 6.45) is 1.51. The van der Waals surface area contributed by atoms with Gasteiger partial charge in [0.15, 0.2) is 0 Å². The van der Waals surface area contributed by atoms with Crippen molar-refractivity contribution in [3.8, 4) is 5.88 Å². The van der Waals surface area contributed by atoms with Crippen molar-refractivity contribution in [1.29, 1.82) is 0 Å². The molecule has 1 aromatic heterocycles. The number of ether oxygens (including phenoxy) is 1. The maximum Gasteiger partial charge on any atom is 0.257 e. The van der Waals surface area contributed by atoms with Crippen molar-refractivity contribution >= 4 is 35.8 Å². The van der Waals surface area contributed by atoms with Crippen molar-refractivity contribution in [3.05, 3.63) is 47.1 Å². The molecule has 0 fully saturated rings. The fourth-order valence-electron chi connectivity index (χ4n) is 1.46. The number of halogens is 1. The minimum atomic E-state index is -0.312. The van der Waals surface area contributed by atoms with E-state index in [0.717, 1.165) is 0 Å². The van der Waals surface area contributed by atoms with E-state index in [-0.39, 0.29) is 5.91 Å². The van der Waals surface area contributed by atoms with Gasteiger partial charge in [-0.2, -0.15) is 0 Å². The molecule has 2 rings (SSSR count). The van der Waals surface area contributed by atoms with E-state index in [1.165, 1.54) is 13.3 Å². The Balaban J connectivity index is 2.18. The molecule has 1 N–H and O–H groups in total. The first-order valence-corrected chi connectivity index (χ1v) is 6.22. The predicted molar refractivity (Wildman–Crippen MR) is 77.4 cm³/mol. The Labute approximate surface area is 121 Å². The van der Waals surface area contributed by atoms with Crippen LogP contribution in [-0.4, -0.2) is 18.0 Å². The lowest BCUT2D eigenvalue weighted by molar-refractivity contribution is 0.102. The molecule has 1 heterocycles. The van der Waals surface area contributed by atoms with E-state index in [0.29, 0.717) is 27.0 Å². The average Bonchev–Trinajstić information content (AvgIpc) is 2.42. The van der Waals surface area contributed by atoms with Crippen LogP contribution >= 0.6 is 24.2 Å². The highest BCUT2D eigenvalue weighted by Gasteiger charge is 2.11. The van der Waals surface area contributed by atoms with Gasteiger partial charge in [-0.05, 0) is 24.3 Å². The molecule has 2 aromatic rings. The SMILES string of the molecule is COc1ccc(NC(=O)c2cc(S)ccc2Cl)cn1. The lowest BCUT2D eigenvalue weighted by Gasteiger charge is -2.07. The highest BCUT2D eigenvalue weighted by atomic mass is 35.5. The molecule has 1 amide bonds. The van der Waals surface area contributed by atoms with Crippen LogP contribution in [0.25, 0.3) is 0 Å². The molecule has 0 unspecified atom stereocenters. The first kappa shape index (κ1) is 13.7. The fraction of sp³-hybridized carbons (Fsp3) is 0.0769. The van der Waals surface area contributed by atoms with Gasteiger partial charge in [0.2, 0.25) is 5.88 Å². The number of benzene rings is 1. The van der Waals surface area contributed by atoms with Crippen LogP contribution in [0.3, 0.4) is 0 Å². The summed E-state index contributed by atoms with van der Waals surface area (Å²) in [5.74, 6) is 0.168. The second-order valence-corrected chi connectivity index (χ2v) is 4.63. The van der Waals surface area contributed by atoms with Crippen molar-refractivity contribution in [2.45, 2.75) is 4.90 Å². The van der Waals surface area contributed by atoms with Crippen LogP contribution < -0.4 is 10.1 Å². The van der Waals surface area contributed by atoms with E-state index in [1.807, 2.05) is 0 Å². The van der Waals surface area contributed by atoms with Gasteiger partial charge < -0.3 is 10.1 Å². The molecule has 0 saturated heterocycles. The van der Waals surface area contributed by atoms with Crippen molar-refractivity contribution < 1.29 is 9.53 Å². The predicted octanol–water partition coefficient (Wildman–Crippen LogP) is 3.28. The van der Waals surface area contributed by atoms with Gasteiger partial charge in [0, 0.05) is 11.0 Å². The van der Waals surface area contributed by atoms with Crippen LogP contribution in [0.2, 0.25) is 5.02 Å². The van der Waals surface area contributed by atoms with Gasteiger partial charge in [-0.1, -0.05) is 11.6 Å². The van der Waals surface area contributed by atoms with Crippen molar-refractivity contribution in [3.63, 3.8) is 0 Å². The van der Waals surface area contributed by atoms with E-state index in [9.17, 15) is 4.79 Å². The monoisotopic (exact) mass is 294 g/mol. The number of nitrogens with zero attached hydrogens (tertiary/aromatic N) is 1. The summed E-state index contributed by atoms with van der Waals surface area (Å²) in [6, 6.07) is 8.31. The number of anilines is 1. The molecule has 6 heteroatoms. The summed E-state index contributed by atoms with van der Waals surface area (Å²) in [6.45, 7) is 0. The van der Waals surface area contributed by atoms with Crippen LogP contribution in [0.15, 0.2) is 41.4 Å². The Bertz CT molecular complexity index is 602. The topological polar surface area (TPSA) is 51.2 Å². The van der Waals surface area contributed by atoms with Gasteiger partial charge in [-0.25, -0.2) is 4.98 Å². The van der Waals surface area contributed by atoms with Gasteiger partial charge in [0.1, 0.15) is 0 Å². The standard InChI is InChI=1S/C13H11ClN2O2S/c1-18-12-5-2-8(7-15-12)16-13(17)10-6-9(19)3-4-11(10)14/h2-7,19H,1H3,(H,16,17). The molecule has 19 heavy (non-hydrogen) atoms. The molecule has 0 aliphatic carbocycles. The highest BCUT2D eigenvalue weighted by Crippen LogP contribution is 2.21. The first-order chi connectivity index (χ1) is 9.10. The second kappa shape index (κ2) is 5.95. The fourth-order valence-corrected chi connectivity index (χ4v) is 1.87. The summed E-state index contributed by atoms with van der Waals surface area (Å²) in [5, 5.41) is 3.07. The number of pyridine rings is 1. The molecule has 98 valence electrons. The van der Waals surface area contributed by atoms with Gasteiger partial charge in [0.25, 0.3) is 5.91 Å². The molecule has 0 radical (unpaired) electrons. The number of methoxy groups -OCH3 is 1. The number of thiol groups is 1. The Hall–Kier alpha value is -1.72. The van der Waals surface area contributed by atoms with Crippen LogP contribution in [0.4, 0.5) is 5.69 Å². The van der Waals surface area contributed by atoms with E-state index in [4.69, 9.17) is 16.3 Å². The van der Waals surface area contributed by atoms with Gasteiger partial charge in [0.05, 0.1) is 29.6 Å².